The smallest absolute Gasteiger partial charge is 0.178 e. The van der Waals surface area contributed by atoms with E-state index >= 15 is 0 Å². The van der Waals surface area contributed by atoms with Gasteiger partial charge in [0.05, 0.1) is 18.5 Å². The summed E-state index contributed by atoms with van der Waals surface area (Å²) >= 11 is 0. The van der Waals surface area contributed by atoms with Crippen molar-refractivity contribution in [3.05, 3.63) is 35.9 Å². The van der Waals surface area contributed by atoms with Crippen LogP contribution >= 0.6 is 0 Å². The van der Waals surface area contributed by atoms with Crippen molar-refractivity contribution in [1.82, 2.24) is 14.8 Å². The second kappa shape index (κ2) is 4.51. The highest BCUT2D eigenvalue weighted by Gasteiger charge is 2.12. The maximum atomic E-state index is 11.4. The quantitative estimate of drug-likeness (QED) is 0.873. The fourth-order valence-electron chi connectivity index (χ4n) is 1.54. The third-order valence-electron chi connectivity index (χ3n) is 2.50. The van der Waals surface area contributed by atoms with Crippen LogP contribution in [-0.4, -0.2) is 34.5 Å². The van der Waals surface area contributed by atoms with E-state index in [-0.39, 0.29) is 11.5 Å². The molecule has 6 nitrogen and oxygen atoms in total. The van der Waals surface area contributed by atoms with Gasteiger partial charge in [0.2, 0.25) is 0 Å². The summed E-state index contributed by atoms with van der Waals surface area (Å²) in [5.74, 6) is 0. The van der Waals surface area contributed by atoms with Gasteiger partial charge in [-0.2, -0.15) is 5.10 Å². The molecule has 0 bridgehead atoms. The Kier molecular flexibility index (Phi) is 3.18. The molecule has 0 spiro atoms. The fraction of sp³-hybridized carbons (Fsp3) is 0.273. The molecule has 0 aromatic carbocycles. The van der Waals surface area contributed by atoms with E-state index in [1.807, 2.05) is 6.92 Å². The molecule has 0 fully saturated rings. The van der Waals surface area contributed by atoms with Crippen molar-refractivity contribution >= 4 is 9.84 Å². The Morgan fingerprint density at radius 2 is 2.11 bits per heavy atom. The molecule has 7 heteroatoms. The predicted molar refractivity (Wildman–Crippen MR) is 65.1 cm³/mol. The van der Waals surface area contributed by atoms with Crippen LogP contribution in [0.25, 0.3) is 5.69 Å². The molecule has 0 unspecified atom stereocenters. The second-order valence-electron chi connectivity index (χ2n) is 4.01. The molecule has 0 aliphatic rings. The molecular formula is C11H13N3O3S. The normalized spacial score (nSPS) is 11.7. The molecule has 2 rings (SSSR count). The summed E-state index contributed by atoms with van der Waals surface area (Å²) in [6.07, 6.45) is 5.38. The van der Waals surface area contributed by atoms with Gasteiger partial charge >= 0.3 is 0 Å². The Labute approximate surface area is 105 Å². The first-order valence-electron chi connectivity index (χ1n) is 5.23. The lowest BCUT2D eigenvalue weighted by atomic mass is 10.2. The monoisotopic (exact) mass is 267 g/mol. The van der Waals surface area contributed by atoms with Crippen LogP contribution in [-0.2, 0) is 16.4 Å². The lowest BCUT2D eigenvalue weighted by Crippen LogP contribution is -2.02. The van der Waals surface area contributed by atoms with E-state index in [4.69, 9.17) is 0 Å². The van der Waals surface area contributed by atoms with E-state index < -0.39 is 9.84 Å². The third kappa shape index (κ3) is 2.41. The molecule has 0 aliphatic heterocycles. The molecule has 0 aliphatic carbocycles. The molecule has 96 valence electrons. The molecule has 0 saturated heterocycles. The topological polar surface area (TPSA) is 85.1 Å². The number of aliphatic hydroxyl groups is 1. The number of hydrogen-bond acceptors (Lipinski definition) is 5. The standard InChI is InChI=1S/C11H13N3O3S/c1-8-3-11(9(7-15)4-12-8)14-6-10(5-13-14)18(2,16)17/h3-6,15H,7H2,1-2H3. The zero-order chi connectivity index (χ0) is 13.3. The van der Waals surface area contributed by atoms with Crippen LogP contribution in [0.2, 0.25) is 0 Å². The minimum absolute atomic E-state index is 0.140. The van der Waals surface area contributed by atoms with Crippen LogP contribution in [0.1, 0.15) is 11.3 Å². The molecule has 0 radical (unpaired) electrons. The number of aliphatic hydroxyl groups excluding tert-OH is 1. The van der Waals surface area contributed by atoms with Crippen molar-refractivity contribution in [2.45, 2.75) is 18.4 Å². The summed E-state index contributed by atoms with van der Waals surface area (Å²) in [5.41, 5.74) is 1.97. The summed E-state index contributed by atoms with van der Waals surface area (Å²) in [7, 11) is -3.28. The van der Waals surface area contributed by atoms with Gasteiger partial charge in [-0.25, -0.2) is 13.1 Å². The first-order valence-corrected chi connectivity index (χ1v) is 7.12. The van der Waals surface area contributed by atoms with Crippen LogP contribution in [0.15, 0.2) is 29.6 Å². The molecule has 1 N–H and O–H groups in total. The minimum Gasteiger partial charge on any atom is -0.392 e. The number of nitrogens with zero attached hydrogens (tertiary/aromatic N) is 3. The first-order chi connectivity index (χ1) is 8.41. The number of pyridine rings is 1. The van der Waals surface area contributed by atoms with Crippen molar-refractivity contribution in [1.29, 1.82) is 0 Å². The Balaban J connectivity index is 2.55. The SMILES string of the molecule is Cc1cc(-n2cc(S(C)(=O)=O)cn2)c(CO)cn1. The van der Waals surface area contributed by atoms with Gasteiger partial charge in [0.15, 0.2) is 9.84 Å². The Morgan fingerprint density at radius 1 is 1.39 bits per heavy atom. The number of rotatable bonds is 3. The van der Waals surface area contributed by atoms with Gasteiger partial charge in [-0.15, -0.1) is 0 Å². The van der Waals surface area contributed by atoms with Crippen LogP contribution in [0, 0.1) is 6.92 Å². The van der Waals surface area contributed by atoms with Crippen molar-refractivity contribution in [3.63, 3.8) is 0 Å². The van der Waals surface area contributed by atoms with E-state index in [0.29, 0.717) is 11.3 Å². The molecule has 2 aromatic rings. The minimum atomic E-state index is -3.28. The van der Waals surface area contributed by atoms with E-state index in [2.05, 4.69) is 10.1 Å². The van der Waals surface area contributed by atoms with Gasteiger partial charge in [-0.05, 0) is 13.0 Å². The van der Waals surface area contributed by atoms with Crippen LogP contribution in [0.5, 0.6) is 0 Å². The van der Waals surface area contributed by atoms with Gasteiger partial charge < -0.3 is 5.11 Å². The molecular weight excluding hydrogens is 254 g/mol. The van der Waals surface area contributed by atoms with Crippen LogP contribution in [0.4, 0.5) is 0 Å². The van der Waals surface area contributed by atoms with Gasteiger partial charge in [-0.1, -0.05) is 0 Å². The van der Waals surface area contributed by atoms with Crippen molar-refractivity contribution in [2.24, 2.45) is 0 Å². The third-order valence-corrected chi connectivity index (χ3v) is 3.57. The first kappa shape index (κ1) is 12.7. The highest BCUT2D eigenvalue weighted by atomic mass is 32.2. The van der Waals surface area contributed by atoms with Gasteiger partial charge in [0, 0.05) is 29.9 Å². The maximum absolute atomic E-state index is 11.4. The number of aryl methyl sites for hydroxylation is 1. The maximum Gasteiger partial charge on any atom is 0.178 e. The molecule has 18 heavy (non-hydrogen) atoms. The van der Waals surface area contributed by atoms with E-state index in [1.54, 1.807) is 12.3 Å². The van der Waals surface area contributed by atoms with Crippen molar-refractivity contribution in [2.75, 3.05) is 6.26 Å². The summed E-state index contributed by atoms with van der Waals surface area (Å²) < 4.78 is 24.2. The molecule has 2 aromatic heterocycles. The average Bonchev–Trinajstić information content (AvgIpc) is 2.77. The number of hydrogen-bond donors (Lipinski definition) is 1. The summed E-state index contributed by atoms with van der Waals surface area (Å²) in [5, 5.41) is 13.2. The Bertz CT molecular complexity index is 677. The average molecular weight is 267 g/mol. The molecule has 0 saturated carbocycles. The van der Waals surface area contributed by atoms with Crippen molar-refractivity contribution in [3.8, 4) is 5.69 Å². The highest BCUT2D eigenvalue weighted by molar-refractivity contribution is 7.90. The highest BCUT2D eigenvalue weighted by Crippen LogP contribution is 2.16. The lowest BCUT2D eigenvalue weighted by molar-refractivity contribution is 0.281. The Hall–Kier alpha value is -1.73. The number of sulfone groups is 1. The molecule has 2 heterocycles. The molecule has 0 amide bonds. The zero-order valence-electron chi connectivity index (χ0n) is 10.0. The van der Waals surface area contributed by atoms with E-state index in [1.165, 1.54) is 17.1 Å². The number of aromatic nitrogens is 3. The zero-order valence-corrected chi connectivity index (χ0v) is 10.8. The lowest BCUT2D eigenvalue weighted by Gasteiger charge is -2.07. The fourth-order valence-corrected chi connectivity index (χ4v) is 2.07. The largest absolute Gasteiger partial charge is 0.392 e. The van der Waals surface area contributed by atoms with Gasteiger partial charge in [0.25, 0.3) is 0 Å². The van der Waals surface area contributed by atoms with Crippen LogP contribution in [0.3, 0.4) is 0 Å². The Morgan fingerprint density at radius 3 is 2.67 bits per heavy atom. The molecule has 0 atom stereocenters. The predicted octanol–water partition coefficient (Wildman–Crippen LogP) is 0.472. The summed E-state index contributed by atoms with van der Waals surface area (Å²) in [6, 6.07) is 1.74. The summed E-state index contributed by atoms with van der Waals surface area (Å²) in [6.45, 7) is 1.63. The van der Waals surface area contributed by atoms with E-state index in [0.717, 1.165) is 11.9 Å². The van der Waals surface area contributed by atoms with Crippen molar-refractivity contribution < 1.29 is 13.5 Å². The second-order valence-corrected chi connectivity index (χ2v) is 6.02. The van der Waals surface area contributed by atoms with Crippen LogP contribution < -0.4 is 0 Å². The van der Waals surface area contributed by atoms with Gasteiger partial charge in [-0.3, -0.25) is 4.98 Å². The van der Waals surface area contributed by atoms with Gasteiger partial charge in [0.1, 0.15) is 4.90 Å². The summed E-state index contributed by atoms with van der Waals surface area (Å²) in [4.78, 5) is 4.21. The van der Waals surface area contributed by atoms with E-state index in [9.17, 15) is 13.5 Å².